The number of hydrogen-bond donors (Lipinski definition) is 0. The first kappa shape index (κ1) is 14.8. The summed E-state index contributed by atoms with van der Waals surface area (Å²) in [7, 11) is 0. The molecule has 0 spiro atoms. The fraction of sp³-hybridized carbons (Fsp3) is 0.600. The first-order chi connectivity index (χ1) is 9.22. The van der Waals surface area contributed by atoms with Crippen molar-refractivity contribution < 1.29 is 4.39 Å². The van der Waals surface area contributed by atoms with Gasteiger partial charge in [-0.3, -0.25) is 4.90 Å². The van der Waals surface area contributed by atoms with Gasteiger partial charge in [-0.15, -0.1) is 0 Å². The second-order valence-corrected chi connectivity index (χ2v) is 5.84. The third-order valence-corrected chi connectivity index (χ3v) is 4.79. The van der Waals surface area contributed by atoms with Crippen molar-refractivity contribution in [3.05, 3.63) is 30.1 Å². The molecule has 0 aliphatic carbocycles. The van der Waals surface area contributed by atoms with Gasteiger partial charge in [0, 0.05) is 43.7 Å². The Morgan fingerprint density at radius 3 is 2.32 bits per heavy atom. The lowest BCUT2D eigenvalue weighted by Gasteiger charge is -2.37. The van der Waals surface area contributed by atoms with Crippen LogP contribution in [0.2, 0.25) is 0 Å². The molecular formula is C15H22BrFN2. The van der Waals surface area contributed by atoms with E-state index < -0.39 is 0 Å². The van der Waals surface area contributed by atoms with E-state index >= 15 is 0 Å². The minimum Gasteiger partial charge on any atom is -0.369 e. The smallest absolute Gasteiger partial charge is 0.123 e. The van der Waals surface area contributed by atoms with Gasteiger partial charge in [-0.05, 0) is 30.2 Å². The molecule has 0 N–H and O–H groups in total. The van der Waals surface area contributed by atoms with Gasteiger partial charge in [-0.25, -0.2) is 4.39 Å². The number of alkyl halides is 1. The highest BCUT2D eigenvalue weighted by Gasteiger charge is 2.19. The van der Waals surface area contributed by atoms with Crippen LogP contribution in [0.15, 0.2) is 24.3 Å². The number of nitrogens with zero attached hydrogens (tertiary/aromatic N) is 2. The monoisotopic (exact) mass is 328 g/mol. The summed E-state index contributed by atoms with van der Waals surface area (Å²) in [6, 6.07) is 6.83. The highest BCUT2D eigenvalue weighted by molar-refractivity contribution is 9.09. The first-order valence-corrected chi connectivity index (χ1v) is 8.14. The molecule has 1 aliphatic rings. The van der Waals surface area contributed by atoms with Crippen LogP contribution in [0.3, 0.4) is 0 Å². The molecule has 2 rings (SSSR count). The van der Waals surface area contributed by atoms with Crippen molar-refractivity contribution in [1.29, 1.82) is 0 Å². The summed E-state index contributed by atoms with van der Waals surface area (Å²) in [5.41, 5.74) is 1.13. The molecule has 19 heavy (non-hydrogen) atoms. The molecule has 1 atom stereocenters. The minimum atomic E-state index is -0.162. The van der Waals surface area contributed by atoms with Gasteiger partial charge in [0.2, 0.25) is 0 Å². The number of piperazine rings is 1. The summed E-state index contributed by atoms with van der Waals surface area (Å²) >= 11 is 3.59. The fourth-order valence-electron chi connectivity index (χ4n) is 2.49. The Bertz CT molecular complexity index is 370. The standard InChI is InChI=1S/C15H22BrFN2/c1-2-13(11-16)12-18-7-9-19(10-8-18)15-5-3-14(17)4-6-15/h3-6,13H,2,7-12H2,1H3. The lowest BCUT2D eigenvalue weighted by Crippen LogP contribution is -2.47. The Balaban J connectivity index is 1.83. The topological polar surface area (TPSA) is 6.48 Å². The van der Waals surface area contributed by atoms with Gasteiger partial charge in [0.1, 0.15) is 5.82 Å². The van der Waals surface area contributed by atoms with Crippen LogP contribution < -0.4 is 4.90 Å². The Morgan fingerprint density at radius 2 is 1.79 bits per heavy atom. The summed E-state index contributed by atoms with van der Waals surface area (Å²) in [6.07, 6.45) is 1.23. The van der Waals surface area contributed by atoms with Gasteiger partial charge in [-0.2, -0.15) is 0 Å². The molecule has 0 aromatic heterocycles. The van der Waals surface area contributed by atoms with Crippen molar-refractivity contribution in [3.8, 4) is 0 Å². The molecule has 1 heterocycles. The SMILES string of the molecule is CCC(CBr)CN1CCN(c2ccc(F)cc2)CC1. The zero-order valence-corrected chi connectivity index (χ0v) is 13.1. The molecule has 1 aromatic rings. The maximum Gasteiger partial charge on any atom is 0.123 e. The minimum absolute atomic E-state index is 0.162. The zero-order valence-electron chi connectivity index (χ0n) is 11.5. The van der Waals surface area contributed by atoms with E-state index in [0.717, 1.165) is 43.1 Å². The third kappa shape index (κ3) is 4.18. The van der Waals surface area contributed by atoms with Crippen molar-refractivity contribution in [2.75, 3.05) is 43.0 Å². The molecule has 106 valence electrons. The molecular weight excluding hydrogens is 307 g/mol. The highest BCUT2D eigenvalue weighted by atomic mass is 79.9. The zero-order chi connectivity index (χ0) is 13.7. The maximum absolute atomic E-state index is 12.9. The molecule has 1 saturated heterocycles. The van der Waals surface area contributed by atoms with Crippen LogP contribution >= 0.6 is 15.9 Å². The Morgan fingerprint density at radius 1 is 1.16 bits per heavy atom. The Hall–Kier alpha value is -0.610. The van der Waals surface area contributed by atoms with E-state index in [1.165, 1.54) is 13.0 Å². The van der Waals surface area contributed by atoms with Crippen molar-refractivity contribution in [2.24, 2.45) is 5.92 Å². The summed E-state index contributed by atoms with van der Waals surface area (Å²) < 4.78 is 12.9. The van der Waals surface area contributed by atoms with Crippen LogP contribution in [0.5, 0.6) is 0 Å². The second-order valence-electron chi connectivity index (χ2n) is 5.19. The van der Waals surface area contributed by atoms with Crippen molar-refractivity contribution >= 4 is 21.6 Å². The number of anilines is 1. The molecule has 0 radical (unpaired) electrons. The van der Waals surface area contributed by atoms with E-state index in [1.807, 2.05) is 12.1 Å². The van der Waals surface area contributed by atoms with Gasteiger partial charge < -0.3 is 4.90 Å². The summed E-state index contributed by atoms with van der Waals surface area (Å²) in [4.78, 5) is 4.88. The van der Waals surface area contributed by atoms with Crippen LogP contribution in [-0.2, 0) is 0 Å². The van der Waals surface area contributed by atoms with Crippen LogP contribution in [0.1, 0.15) is 13.3 Å². The van der Waals surface area contributed by atoms with E-state index in [2.05, 4.69) is 32.7 Å². The average Bonchev–Trinajstić information content (AvgIpc) is 2.46. The lowest BCUT2D eigenvalue weighted by molar-refractivity contribution is 0.225. The van der Waals surface area contributed by atoms with Crippen LogP contribution in [-0.4, -0.2) is 43.0 Å². The normalized spacial score (nSPS) is 18.6. The second kappa shape index (κ2) is 7.25. The van der Waals surface area contributed by atoms with Gasteiger partial charge in [0.15, 0.2) is 0 Å². The first-order valence-electron chi connectivity index (χ1n) is 7.01. The van der Waals surface area contributed by atoms with Crippen LogP contribution in [0.25, 0.3) is 0 Å². The van der Waals surface area contributed by atoms with Gasteiger partial charge in [0.25, 0.3) is 0 Å². The van der Waals surface area contributed by atoms with Gasteiger partial charge in [-0.1, -0.05) is 29.3 Å². The van der Waals surface area contributed by atoms with Crippen LogP contribution in [0.4, 0.5) is 10.1 Å². The van der Waals surface area contributed by atoms with Crippen molar-refractivity contribution in [3.63, 3.8) is 0 Å². The number of hydrogen-bond acceptors (Lipinski definition) is 2. The highest BCUT2D eigenvalue weighted by Crippen LogP contribution is 2.18. The molecule has 0 bridgehead atoms. The predicted octanol–water partition coefficient (Wildman–Crippen LogP) is 3.37. The van der Waals surface area contributed by atoms with Crippen molar-refractivity contribution in [1.82, 2.24) is 4.90 Å². The average molecular weight is 329 g/mol. The molecule has 1 aliphatic heterocycles. The molecule has 2 nitrogen and oxygen atoms in total. The third-order valence-electron chi connectivity index (χ3n) is 3.88. The molecule has 0 amide bonds. The number of halogens is 2. The summed E-state index contributed by atoms with van der Waals surface area (Å²) in [5, 5.41) is 1.08. The summed E-state index contributed by atoms with van der Waals surface area (Å²) in [5.74, 6) is 0.586. The molecule has 4 heteroatoms. The van der Waals surface area contributed by atoms with E-state index in [4.69, 9.17) is 0 Å². The lowest BCUT2D eigenvalue weighted by atomic mass is 10.1. The van der Waals surface area contributed by atoms with E-state index in [0.29, 0.717) is 0 Å². The van der Waals surface area contributed by atoms with Crippen LogP contribution in [0, 0.1) is 11.7 Å². The van der Waals surface area contributed by atoms with E-state index in [9.17, 15) is 4.39 Å². The molecule has 1 fully saturated rings. The summed E-state index contributed by atoms with van der Waals surface area (Å²) in [6.45, 7) is 7.69. The van der Waals surface area contributed by atoms with Gasteiger partial charge in [0.05, 0.1) is 0 Å². The largest absolute Gasteiger partial charge is 0.369 e. The fourth-order valence-corrected chi connectivity index (χ4v) is 3.16. The number of benzene rings is 1. The molecule has 1 unspecified atom stereocenters. The van der Waals surface area contributed by atoms with Crippen molar-refractivity contribution in [2.45, 2.75) is 13.3 Å². The maximum atomic E-state index is 12.9. The van der Waals surface area contributed by atoms with Gasteiger partial charge >= 0.3 is 0 Å². The van der Waals surface area contributed by atoms with E-state index in [1.54, 1.807) is 12.1 Å². The Kier molecular flexibility index (Phi) is 5.64. The molecule has 1 aromatic carbocycles. The quantitative estimate of drug-likeness (QED) is 0.764. The van der Waals surface area contributed by atoms with E-state index in [-0.39, 0.29) is 5.82 Å². The number of rotatable bonds is 5. The Labute approximate surface area is 123 Å². The predicted molar refractivity (Wildman–Crippen MR) is 82.6 cm³/mol. The molecule has 0 saturated carbocycles.